The molecule has 1 aliphatic heterocycles. The Morgan fingerprint density at radius 3 is 2.33 bits per heavy atom. The standard InChI is InChI=1S/C41H41N3O7S/c1-49-39(46)36(23-28-9-3-2-4-10-28)43-41(47)42-25-33-11-5-6-12-35(33)30-18-20-32(21-19-30)40-50-34(27-52-38-13-7-8-22-44(38)48)24-37(51-40)31-16-14-29(26-45)15-17-31/h2-22,34,36-37,40,45H,23-27H2,1H3,(H2,42,43,47). The number of aliphatic hydroxyl groups is 1. The minimum atomic E-state index is -0.835. The SMILES string of the molecule is COC(=O)C(Cc1ccccc1)NC(=O)NCc1ccccc1-c1ccc(C2OC(CSc3cccc[n+]3[O-])CC(c3ccc(CO)cc3)O2)cc1. The van der Waals surface area contributed by atoms with Crippen LogP contribution in [0.1, 0.15) is 46.6 Å². The molecule has 0 saturated carbocycles. The molecule has 1 saturated heterocycles. The predicted molar refractivity (Wildman–Crippen MR) is 198 cm³/mol. The van der Waals surface area contributed by atoms with Crippen molar-refractivity contribution in [2.45, 2.75) is 55.6 Å². The Morgan fingerprint density at radius 1 is 0.885 bits per heavy atom. The molecule has 4 atom stereocenters. The Balaban J connectivity index is 1.14. The molecule has 2 amide bonds. The van der Waals surface area contributed by atoms with E-state index in [2.05, 4.69) is 10.6 Å². The maximum Gasteiger partial charge on any atom is 0.328 e. The molecule has 4 aromatic carbocycles. The molecule has 0 radical (unpaired) electrons. The van der Waals surface area contributed by atoms with Crippen LogP contribution in [0, 0.1) is 5.21 Å². The lowest BCUT2D eigenvalue weighted by molar-refractivity contribution is -0.645. The molecule has 1 fully saturated rings. The summed E-state index contributed by atoms with van der Waals surface area (Å²) in [6.45, 7) is 0.200. The van der Waals surface area contributed by atoms with E-state index < -0.39 is 24.3 Å². The van der Waals surface area contributed by atoms with Gasteiger partial charge in [0.1, 0.15) is 6.04 Å². The number of methoxy groups -OCH3 is 1. The lowest BCUT2D eigenvalue weighted by Crippen LogP contribution is -2.47. The largest absolute Gasteiger partial charge is 0.618 e. The van der Waals surface area contributed by atoms with Crippen LogP contribution in [0.25, 0.3) is 11.1 Å². The van der Waals surface area contributed by atoms with Crippen LogP contribution < -0.4 is 15.4 Å². The molecule has 268 valence electrons. The number of carbonyl (C=O) groups excluding carboxylic acids is 2. The van der Waals surface area contributed by atoms with Crippen molar-refractivity contribution in [3.8, 4) is 11.1 Å². The highest BCUT2D eigenvalue weighted by Crippen LogP contribution is 2.40. The van der Waals surface area contributed by atoms with Crippen molar-refractivity contribution in [1.29, 1.82) is 0 Å². The zero-order valence-corrected chi connectivity index (χ0v) is 29.5. The van der Waals surface area contributed by atoms with Crippen LogP contribution in [-0.4, -0.2) is 42.1 Å². The number of nitrogens with one attached hydrogen (secondary N) is 2. The number of ether oxygens (including phenoxy) is 3. The highest BCUT2D eigenvalue weighted by molar-refractivity contribution is 7.99. The Morgan fingerprint density at radius 2 is 1.60 bits per heavy atom. The minimum absolute atomic E-state index is 0.0353. The highest BCUT2D eigenvalue weighted by Gasteiger charge is 2.33. The van der Waals surface area contributed by atoms with Gasteiger partial charge in [0, 0.05) is 42.8 Å². The summed E-state index contributed by atoms with van der Waals surface area (Å²) >= 11 is 1.45. The van der Waals surface area contributed by atoms with Gasteiger partial charge in [-0.05, 0) is 39.4 Å². The summed E-state index contributed by atoms with van der Waals surface area (Å²) in [5.41, 5.74) is 6.34. The van der Waals surface area contributed by atoms with Gasteiger partial charge in [-0.2, -0.15) is 4.73 Å². The monoisotopic (exact) mass is 719 g/mol. The molecule has 10 nitrogen and oxygen atoms in total. The predicted octanol–water partition coefficient (Wildman–Crippen LogP) is 6.40. The average Bonchev–Trinajstić information content (AvgIpc) is 3.19. The van der Waals surface area contributed by atoms with E-state index in [-0.39, 0.29) is 25.4 Å². The molecule has 5 aromatic rings. The van der Waals surface area contributed by atoms with Crippen LogP contribution in [0.3, 0.4) is 0 Å². The number of rotatable bonds is 13. The van der Waals surface area contributed by atoms with Gasteiger partial charge >= 0.3 is 12.0 Å². The summed E-state index contributed by atoms with van der Waals surface area (Å²) in [7, 11) is 1.30. The first-order chi connectivity index (χ1) is 25.4. The topological polar surface area (TPSA) is 133 Å². The highest BCUT2D eigenvalue weighted by atomic mass is 32.2. The quantitative estimate of drug-likeness (QED) is 0.0552. The van der Waals surface area contributed by atoms with Gasteiger partial charge in [0.15, 0.2) is 12.5 Å². The molecule has 4 unspecified atom stereocenters. The van der Waals surface area contributed by atoms with E-state index in [1.807, 2.05) is 109 Å². The Labute approximate surface area is 307 Å². The summed E-state index contributed by atoms with van der Waals surface area (Å²) in [4.78, 5) is 25.4. The van der Waals surface area contributed by atoms with E-state index in [1.165, 1.54) is 25.1 Å². The lowest BCUT2D eigenvalue weighted by atomic mass is 9.98. The number of thioether (sulfide) groups is 1. The van der Waals surface area contributed by atoms with Crippen molar-refractivity contribution in [2.75, 3.05) is 12.9 Å². The van der Waals surface area contributed by atoms with Gasteiger partial charge < -0.3 is 35.2 Å². The van der Waals surface area contributed by atoms with Crippen LogP contribution in [0.2, 0.25) is 0 Å². The summed E-state index contributed by atoms with van der Waals surface area (Å²) < 4.78 is 18.8. The van der Waals surface area contributed by atoms with Gasteiger partial charge in [0.2, 0.25) is 0 Å². The van der Waals surface area contributed by atoms with Crippen molar-refractivity contribution < 1.29 is 33.6 Å². The van der Waals surface area contributed by atoms with Gasteiger partial charge in [0.05, 0.1) is 25.9 Å². The van der Waals surface area contributed by atoms with Crippen LogP contribution >= 0.6 is 11.8 Å². The van der Waals surface area contributed by atoms with Gasteiger partial charge in [-0.1, -0.05) is 115 Å². The summed E-state index contributed by atoms with van der Waals surface area (Å²) in [5, 5.41) is 28.1. The Kier molecular flexibility index (Phi) is 12.5. The number of benzene rings is 4. The van der Waals surface area contributed by atoms with Crippen molar-refractivity contribution in [3.63, 3.8) is 0 Å². The third-order valence-corrected chi connectivity index (χ3v) is 10.00. The molecule has 1 aromatic heterocycles. The van der Waals surface area contributed by atoms with E-state index in [4.69, 9.17) is 14.2 Å². The van der Waals surface area contributed by atoms with E-state index >= 15 is 0 Å². The third-order valence-electron chi connectivity index (χ3n) is 8.84. The number of esters is 1. The minimum Gasteiger partial charge on any atom is -0.618 e. The van der Waals surface area contributed by atoms with Gasteiger partial charge in [-0.3, -0.25) is 0 Å². The first-order valence-corrected chi connectivity index (χ1v) is 18.0. The van der Waals surface area contributed by atoms with Crippen LogP contribution in [-0.2, 0) is 38.6 Å². The van der Waals surface area contributed by atoms with E-state index in [9.17, 15) is 19.9 Å². The number of urea groups is 1. The molecule has 6 rings (SSSR count). The number of nitrogens with zero attached hydrogens (tertiary/aromatic N) is 1. The lowest BCUT2D eigenvalue weighted by Gasteiger charge is -2.36. The normalized spacial score (nSPS) is 17.5. The maximum absolute atomic E-state index is 12.9. The van der Waals surface area contributed by atoms with Gasteiger partial charge in [-0.15, -0.1) is 0 Å². The molecule has 52 heavy (non-hydrogen) atoms. The zero-order chi connectivity index (χ0) is 36.3. The van der Waals surface area contributed by atoms with Crippen LogP contribution in [0.4, 0.5) is 4.79 Å². The fourth-order valence-electron chi connectivity index (χ4n) is 6.07. The first-order valence-electron chi connectivity index (χ1n) is 17.1. The average molecular weight is 720 g/mol. The van der Waals surface area contributed by atoms with Crippen molar-refractivity contribution >= 4 is 23.8 Å². The Hall–Kier alpha value is -5.20. The van der Waals surface area contributed by atoms with Crippen molar-refractivity contribution in [3.05, 3.63) is 161 Å². The molecular weight excluding hydrogens is 679 g/mol. The second-order valence-corrected chi connectivity index (χ2v) is 13.4. The van der Waals surface area contributed by atoms with E-state index in [0.717, 1.165) is 43.7 Å². The zero-order valence-electron chi connectivity index (χ0n) is 28.7. The van der Waals surface area contributed by atoms with Crippen LogP contribution in [0.5, 0.6) is 0 Å². The molecule has 11 heteroatoms. The first kappa shape index (κ1) is 36.6. The number of hydrogen-bond acceptors (Lipinski definition) is 8. The fourth-order valence-corrected chi connectivity index (χ4v) is 7.01. The fraction of sp³-hybridized carbons (Fsp3) is 0.244. The number of aromatic nitrogens is 1. The van der Waals surface area contributed by atoms with Crippen LogP contribution in [0.15, 0.2) is 133 Å². The van der Waals surface area contributed by atoms with Gasteiger partial charge in [-0.25, -0.2) is 9.59 Å². The molecule has 0 spiro atoms. The smallest absolute Gasteiger partial charge is 0.328 e. The number of carbonyl (C=O) groups is 2. The third kappa shape index (κ3) is 9.56. The number of aliphatic hydroxyl groups excluding tert-OH is 1. The molecule has 2 heterocycles. The van der Waals surface area contributed by atoms with E-state index in [0.29, 0.717) is 23.6 Å². The molecule has 0 aliphatic carbocycles. The summed E-state index contributed by atoms with van der Waals surface area (Å²) in [6.07, 6.45) is 1.30. The maximum atomic E-state index is 12.9. The van der Waals surface area contributed by atoms with Gasteiger partial charge in [0.25, 0.3) is 5.03 Å². The summed E-state index contributed by atoms with van der Waals surface area (Å²) in [5.74, 6) is 0.0453. The molecule has 0 bridgehead atoms. The van der Waals surface area contributed by atoms with Crippen molar-refractivity contribution in [1.82, 2.24) is 10.6 Å². The van der Waals surface area contributed by atoms with E-state index in [1.54, 1.807) is 12.1 Å². The molecule has 1 aliphatic rings. The van der Waals surface area contributed by atoms with Crippen molar-refractivity contribution in [2.24, 2.45) is 0 Å². The summed E-state index contributed by atoms with van der Waals surface area (Å²) in [6, 6.07) is 37.0. The number of hydrogen-bond donors (Lipinski definition) is 3. The molecular formula is C41H41N3O7S. The number of amides is 2. The Bertz CT molecular complexity index is 1930. The molecule has 3 N–H and O–H groups in total. The number of pyridine rings is 1. The second-order valence-electron chi connectivity index (χ2n) is 12.4. The second kappa shape index (κ2) is 17.8.